The molecule has 122 valence electrons. The number of nitrogens with zero attached hydrogens (tertiary/aromatic N) is 2. The van der Waals surface area contributed by atoms with Gasteiger partial charge in [0.25, 0.3) is 5.91 Å². The maximum atomic E-state index is 12.6. The molecule has 0 saturated carbocycles. The van der Waals surface area contributed by atoms with Crippen LogP contribution in [0, 0.1) is 13.8 Å². The quantitative estimate of drug-likeness (QED) is 0.791. The van der Waals surface area contributed by atoms with E-state index in [0.717, 1.165) is 10.8 Å². The molecule has 0 unspecified atom stereocenters. The monoisotopic (exact) mass is 321 g/mol. The van der Waals surface area contributed by atoms with Gasteiger partial charge in [-0.25, -0.2) is 0 Å². The van der Waals surface area contributed by atoms with Crippen molar-refractivity contribution in [2.75, 3.05) is 11.9 Å². The van der Waals surface area contributed by atoms with Crippen LogP contribution in [0.3, 0.4) is 0 Å². The summed E-state index contributed by atoms with van der Waals surface area (Å²) in [6.07, 6.45) is 0. The van der Waals surface area contributed by atoms with Crippen molar-refractivity contribution in [2.45, 2.75) is 20.8 Å². The molecule has 3 aromatic rings. The minimum absolute atomic E-state index is 0.181. The summed E-state index contributed by atoms with van der Waals surface area (Å²) >= 11 is 0. The van der Waals surface area contributed by atoms with E-state index in [1.165, 1.54) is 0 Å². The first-order chi connectivity index (χ1) is 11.6. The van der Waals surface area contributed by atoms with Gasteiger partial charge in [-0.05, 0) is 43.7 Å². The normalized spacial score (nSPS) is 10.6. The molecule has 0 fully saturated rings. The zero-order valence-electron chi connectivity index (χ0n) is 14.0. The van der Waals surface area contributed by atoms with Crippen LogP contribution in [0.2, 0.25) is 0 Å². The number of hydrogen-bond acceptors (Lipinski definition) is 4. The highest BCUT2D eigenvalue weighted by molar-refractivity contribution is 6.06. The number of fused-ring (bicyclic) bond motifs is 1. The molecule has 0 aliphatic heterocycles. The zero-order chi connectivity index (χ0) is 17.1. The second-order valence-electron chi connectivity index (χ2n) is 5.50. The molecule has 1 heterocycles. The average molecular weight is 321 g/mol. The predicted octanol–water partition coefficient (Wildman–Crippen LogP) is 3.90. The van der Waals surface area contributed by atoms with Crippen LogP contribution >= 0.6 is 0 Å². The smallest absolute Gasteiger partial charge is 0.316 e. The summed E-state index contributed by atoms with van der Waals surface area (Å²) in [5, 5.41) is 5.04. The lowest BCUT2D eigenvalue weighted by Gasteiger charge is -2.12. The van der Waals surface area contributed by atoms with E-state index in [9.17, 15) is 4.79 Å². The molecule has 1 N–H and O–H groups in total. The lowest BCUT2D eigenvalue weighted by molar-refractivity contribution is 0.102. The number of aryl methyl sites for hydroxylation is 2. The number of amides is 1. The second kappa shape index (κ2) is 6.66. The standard InChI is InChI=1S/C19H19N3O2/c1-4-24-19-20-12(2)17(13(3)21-19)22-18(23)16-10-9-14-7-5-6-8-15(14)11-16/h5-11H,4H2,1-3H3,(H,22,23). The average Bonchev–Trinajstić information content (AvgIpc) is 2.58. The Labute approximate surface area is 140 Å². The highest BCUT2D eigenvalue weighted by Gasteiger charge is 2.14. The Balaban J connectivity index is 1.88. The van der Waals surface area contributed by atoms with Crippen molar-refractivity contribution in [3.05, 3.63) is 59.4 Å². The third-order valence-corrected chi connectivity index (χ3v) is 3.77. The predicted molar refractivity (Wildman–Crippen MR) is 94.6 cm³/mol. The topological polar surface area (TPSA) is 64.1 Å². The molecule has 0 atom stereocenters. The molecular weight excluding hydrogens is 302 g/mol. The van der Waals surface area contributed by atoms with E-state index < -0.39 is 0 Å². The van der Waals surface area contributed by atoms with Crippen LogP contribution in [0.5, 0.6) is 6.01 Å². The highest BCUT2D eigenvalue weighted by atomic mass is 16.5. The highest BCUT2D eigenvalue weighted by Crippen LogP contribution is 2.21. The molecule has 5 heteroatoms. The summed E-state index contributed by atoms with van der Waals surface area (Å²) in [5.74, 6) is -0.181. The SMILES string of the molecule is CCOc1nc(C)c(NC(=O)c2ccc3ccccc3c2)c(C)n1. The number of rotatable bonds is 4. The van der Waals surface area contributed by atoms with E-state index in [1.54, 1.807) is 0 Å². The molecular formula is C19H19N3O2. The van der Waals surface area contributed by atoms with E-state index in [2.05, 4.69) is 15.3 Å². The van der Waals surface area contributed by atoms with Gasteiger partial charge in [0.2, 0.25) is 0 Å². The van der Waals surface area contributed by atoms with Crippen LogP contribution in [-0.4, -0.2) is 22.5 Å². The summed E-state index contributed by atoms with van der Waals surface area (Å²) in [5.41, 5.74) is 2.58. The second-order valence-corrected chi connectivity index (χ2v) is 5.50. The summed E-state index contributed by atoms with van der Waals surface area (Å²) in [6, 6.07) is 13.9. The van der Waals surface area contributed by atoms with Gasteiger partial charge in [0.05, 0.1) is 23.7 Å². The number of aromatic nitrogens is 2. The van der Waals surface area contributed by atoms with Crippen molar-refractivity contribution >= 4 is 22.4 Å². The summed E-state index contributed by atoms with van der Waals surface area (Å²) < 4.78 is 5.33. The van der Waals surface area contributed by atoms with Gasteiger partial charge >= 0.3 is 6.01 Å². The van der Waals surface area contributed by atoms with Gasteiger partial charge in [0.15, 0.2) is 0 Å². The van der Waals surface area contributed by atoms with Crippen LogP contribution in [0.15, 0.2) is 42.5 Å². The third kappa shape index (κ3) is 3.20. The number of benzene rings is 2. The molecule has 24 heavy (non-hydrogen) atoms. The number of nitrogens with one attached hydrogen (secondary N) is 1. The van der Waals surface area contributed by atoms with Crippen molar-refractivity contribution in [3.63, 3.8) is 0 Å². The van der Waals surface area contributed by atoms with Gasteiger partial charge in [-0.1, -0.05) is 30.3 Å². The van der Waals surface area contributed by atoms with Crippen molar-refractivity contribution < 1.29 is 9.53 Å². The van der Waals surface area contributed by atoms with E-state index >= 15 is 0 Å². The Morgan fingerprint density at radius 2 is 1.71 bits per heavy atom. The number of ether oxygens (including phenoxy) is 1. The maximum Gasteiger partial charge on any atom is 0.316 e. The first-order valence-electron chi connectivity index (χ1n) is 7.86. The number of carbonyl (C=O) groups is 1. The van der Waals surface area contributed by atoms with Crippen LogP contribution in [0.25, 0.3) is 10.8 Å². The molecule has 0 aliphatic rings. The van der Waals surface area contributed by atoms with E-state index in [1.807, 2.05) is 63.2 Å². The Bertz CT molecular complexity index is 883. The minimum atomic E-state index is -0.181. The molecule has 2 aromatic carbocycles. The Hall–Kier alpha value is -2.95. The lowest BCUT2D eigenvalue weighted by Crippen LogP contribution is -2.15. The molecule has 1 amide bonds. The van der Waals surface area contributed by atoms with Crippen LogP contribution in [0.1, 0.15) is 28.7 Å². The van der Waals surface area contributed by atoms with Crippen LogP contribution < -0.4 is 10.1 Å². The lowest BCUT2D eigenvalue weighted by atomic mass is 10.1. The van der Waals surface area contributed by atoms with Crippen molar-refractivity contribution in [3.8, 4) is 6.01 Å². The molecule has 0 saturated heterocycles. The number of anilines is 1. The fourth-order valence-electron chi connectivity index (χ4n) is 2.58. The van der Waals surface area contributed by atoms with Crippen LogP contribution in [-0.2, 0) is 0 Å². The molecule has 1 aromatic heterocycles. The molecule has 0 spiro atoms. The van der Waals surface area contributed by atoms with Crippen molar-refractivity contribution in [2.24, 2.45) is 0 Å². The van der Waals surface area contributed by atoms with Crippen molar-refractivity contribution in [1.82, 2.24) is 9.97 Å². The first-order valence-corrected chi connectivity index (χ1v) is 7.86. The first kappa shape index (κ1) is 15.9. The molecule has 0 aliphatic carbocycles. The molecule has 0 bridgehead atoms. The number of carbonyl (C=O) groups excluding carboxylic acids is 1. The summed E-state index contributed by atoms with van der Waals surface area (Å²) in [6.45, 7) is 6.03. The Morgan fingerprint density at radius 1 is 1.04 bits per heavy atom. The minimum Gasteiger partial charge on any atom is -0.464 e. The Kier molecular flexibility index (Phi) is 4.42. The zero-order valence-corrected chi connectivity index (χ0v) is 14.0. The number of hydrogen-bond donors (Lipinski definition) is 1. The summed E-state index contributed by atoms with van der Waals surface area (Å²) in [4.78, 5) is 21.1. The van der Waals surface area contributed by atoms with Crippen LogP contribution in [0.4, 0.5) is 5.69 Å². The van der Waals surface area contributed by atoms with E-state index in [4.69, 9.17) is 4.74 Å². The summed E-state index contributed by atoms with van der Waals surface area (Å²) in [7, 11) is 0. The fraction of sp³-hybridized carbons (Fsp3) is 0.211. The van der Waals surface area contributed by atoms with Gasteiger partial charge < -0.3 is 10.1 Å². The Morgan fingerprint density at radius 3 is 2.38 bits per heavy atom. The van der Waals surface area contributed by atoms with Gasteiger partial charge in [-0.3, -0.25) is 4.79 Å². The molecule has 0 radical (unpaired) electrons. The van der Waals surface area contributed by atoms with Gasteiger partial charge in [-0.2, -0.15) is 9.97 Å². The van der Waals surface area contributed by atoms with Gasteiger partial charge in [0.1, 0.15) is 0 Å². The van der Waals surface area contributed by atoms with Gasteiger partial charge in [-0.15, -0.1) is 0 Å². The third-order valence-electron chi connectivity index (χ3n) is 3.77. The maximum absolute atomic E-state index is 12.6. The largest absolute Gasteiger partial charge is 0.464 e. The van der Waals surface area contributed by atoms with E-state index in [0.29, 0.717) is 35.3 Å². The van der Waals surface area contributed by atoms with Crippen molar-refractivity contribution in [1.29, 1.82) is 0 Å². The fourth-order valence-corrected chi connectivity index (χ4v) is 2.58. The van der Waals surface area contributed by atoms with Gasteiger partial charge in [0, 0.05) is 5.56 Å². The molecule has 5 nitrogen and oxygen atoms in total. The van der Waals surface area contributed by atoms with E-state index in [-0.39, 0.29) is 5.91 Å². The molecule has 3 rings (SSSR count).